The second-order valence-corrected chi connectivity index (χ2v) is 6.47. The van der Waals surface area contributed by atoms with Crippen molar-refractivity contribution in [2.24, 2.45) is 11.1 Å². The van der Waals surface area contributed by atoms with Gasteiger partial charge in [0.25, 0.3) is 0 Å². The van der Waals surface area contributed by atoms with Gasteiger partial charge in [0, 0.05) is 0 Å². The van der Waals surface area contributed by atoms with Crippen LogP contribution in [0, 0.1) is 5.41 Å². The lowest BCUT2D eigenvalue weighted by molar-refractivity contribution is -0.389. The summed E-state index contributed by atoms with van der Waals surface area (Å²) in [5.74, 6) is 0. The quantitative estimate of drug-likeness (QED) is 0.558. The molecule has 0 aromatic heterocycles. The fourth-order valence-electron chi connectivity index (χ4n) is 3.10. The maximum absolute atomic E-state index is 13.8. The minimum absolute atomic E-state index is 0.226. The van der Waals surface area contributed by atoms with Crippen molar-refractivity contribution in [2.45, 2.75) is 37.3 Å². The van der Waals surface area contributed by atoms with Crippen LogP contribution in [0.3, 0.4) is 0 Å². The first kappa shape index (κ1) is 21.2. The zero-order valence-electron chi connectivity index (χ0n) is 14.2. The van der Waals surface area contributed by atoms with E-state index < -0.39 is 36.3 Å². The van der Waals surface area contributed by atoms with Gasteiger partial charge in [-0.2, -0.15) is 26.3 Å². The zero-order chi connectivity index (χ0) is 20.3. The fourth-order valence-corrected chi connectivity index (χ4v) is 3.10. The molecule has 0 amide bonds. The minimum Gasteiger partial charge on any atom is -0.375 e. The van der Waals surface area contributed by atoms with Gasteiger partial charge < -0.3 is 10.8 Å². The molecule has 0 saturated heterocycles. The predicted octanol–water partition coefficient (Wildman–Crippen LogP) is 4.62. The van der Waals surface area contributed by atoms with Crippen molar-refractivity contribution < 1.29 is 31.4 Å². The van der Waals surface area contributed by atoms with Gasteiger partial charge in [-0.15, -0.1) is 0 Å². The Labute approximate surface area is 152 Å². The topological polar surface area (TPSA) is 46.2 Å². The van der Waals surface area contributed by atoms with E-state index in [0.717, 1.165) is 12.1 Å². The summed E-state index contributed by atoms with van der Waals surface area (Å²) in [6.45, 7) is 0. The van der Waals surface area contributed by atoms with Crippen LogP contribution in [0.2, 0.25) is 0 Å². The Morgan fingerprint density at radius 1 is 0.704 bits per heavy atom. The number of benzene rings is 2. The molecule has 0 bridgehead atoms. The Balaban J connectivity index is 2.49. The van der Waals surface area contributed by atoms with Crippen molar-refractivity contribution in [3.63, 3.8) is 0 Å². The zero-order valence-corrected chi connectivity index (χ0v) is 14.2. The molecular weight excluding hydrogens is 372 g/mol. The second kappa shape index (κ2) is 7.52. The molecule has 1 atom stereocenters. The molecule has 2 aromatic carbocycles. The molecule has 0 saturated carbocycles. The van der Waals surface area contributed by atoms with Gasteiger partial charge in [-0.25, -0.2) is 0 Å². The summed E-state index contributed by atoms with van der Waals surface area (Å²) in [5.41, 5.74) is -2.45. The van der Waals surface area contributed by atoms with E-state index in [4.69, 9.17) is 5.73 Å². The average Bonchev–Trinajstić information content (AvgIpc) is 2.57. The summed E-state index contributed by atoms with van der Waals surface area (Å²) < 4.78 is 82.9. The van der Waals surface area contributed by atoms with E-state index in [2.05, 4.69) is 0 Å². The van der Waals surface area contributed by atoms with E-state index in [1.54, 1.807) is 18.2 Å². The molecule has 8 heteroatoms. The van der Waals surface area contributed by atoms with E-state index in [1.165, 1.54) is 30.3 Å². The van der Waals surface area contributed by atoms with Crippen molar-refractivity contribution in [1.82, 2.24) is 0 Å². The van der Waals surface area contributed by atoms with Gasteiger partial charge in [0.2, 0.25) is 5.41 Å². The highest BCUT2D eigenvalue weighted by atomic mass is 19.4. The van der Waals surface area contributed by atoms with E-state index >= 15 is 0 Å². The molecule has 0 spiro atoms. The Hall–Kier alpha value is -2.06. The number of rotatable bonds is 6. The molecular formula is C19H19F6NO. The van der Waals surface area contributed by atoms with Crippen molar-refractivity contribution >= 4 is 0 Å². The highest BCUT2D eigenvalue weighted by Gasteiger charge is 2.78. The molecule has 0 fully saturated rings. The van der Waals surface area contributed by atoms with Gasteiger partial charge in [-0.05, 0) is 30.4 Å². The Morgan fingerprint density at radius 3 is 1.52 bits per heavy atom. The summed E-state index contributed by atoms with van der Waals surface area (Å²) in [6, 6.07) is 14.3. The second-order valence-electron chi connectivity index (χ2n) is 6.47. The third-order valence-electron chi connectivity index (χ3n) is 4.66. The molecule has 0 heterocycles. The molecule has 27 heavy (non-hydrogen) atoms. The van der Waals surface area contributed by atoms with Crippen LogP contribution in [0.5, 0.6) is 0 Å². The molecule has 148 valence electrons. The third kappa shape index (κ3) is 4.27. The van der Waals surface area contributed by atoms with Crippen LogP contribution in [-0.4, -0.2) is 23.2 Å². The van der Waals surface area contributed by atoms with Crippen molar-refractivity contribution in [2.75, 3.05) is 0 Å². The van der Waals surface area contributed by atoms with Gasteiger partial charge >= 0.3 is 12.4 Å². The summed E-state index contributed by atoms with van der Waals surface area (Å²) in [5, 5.41) is 10.4. The maximum atomic E-state index is 13.8. The van der Waals surface area contributed by atoms with E-state index in [1.807, 2.05) is 0 Å². The normalized spacial score (nSPS) is 15.4. The van der Waals surface area contributed by atoms with Gasteiger partial charge in [0.05, 0.1) is 0 Å². The smallest absolute Gasteiger partial charge is 0.375 e. The third-order valence-corrected chi connectivity index (χ3v) is 4.66. The first-order valence-corrected chi connectivity index (χ1v) is 8.13. The number of aryl methyl sites for hydroxylation is 1. The number of nitrogens with two attached hydrogens (primary N) is 1. The van der Waals surface area contributed by atoms with Gasteiger partial charge in [-0.1, -0.05) is 60.7 Å². The summed E-state index contributed by atoms with van der Waals surface area (Å²) in [4.78, 5) is 0. The fraction of sp³-hybridized carbons (Fsp3) is 0.368. The monoisotopic (exact) mass is 391 g/mol. The van der Waals surface area contributed by atoms with Crippen molar-refractivity contribution in [3.05, 3.63) is 71.8 Å². The average molecular weight is 391 g/mol. The Kier molecular flexibility index (Phi) is 5.91. The number of alkyl halides is 6. The highest BCUT2D eigenvalue weighted by Crippen LogP contribution is 2.57. The minimum atomic E-state index is -5.82. The van der Waals surface area contributed by atoms with E-state index in [-0.39, 0.29) is 12.0 Å². The van der Waals surface area contributed by atoms with Crippen LogP contribution < -0.4 is 5.73 Å². The summed E-state index contributed by atoms with van der Waals surface area (Å²) in [7, 11) is 0. The standard InChI is InChI=1S/C19H19F6NO/c20-18(21,22)16(19(23,24)25,13-15-9-5-2-6-10-15)17(26,27)12-11-14-7-3-1-4-8-14/h1-10,27H,11-13,26H2. The first-order valence-electron chi connectivity index (χ1n) is 8.13. The van der Waals surface area contributed by atoms with E-state index in [9.17, 15) is 31.4 Å². The van der Waals surface area contributed by atoms with Gasteiger partial charge in [0.15, 0.2) is 0 Å². The van der Waals surface area contributed by atoms with Crippen LogP contribution in [0.25, 0.3) is 0 Å². The van der Waals surface area contributed by atoms with Crippen LogP contribution >= 0.6 is 0 Å². The molecule has 3 N–H and O–H groups in total. The van der Waals surface area contributed by atoms with E-state index in [0.29, 0.717) is 5.56 Å². The van der Waals surface area contributed by atoms with Crippen LogP contribution in [0.1, 0.15) is 17.5 Å². The lowest BCUT2D eigenvalue weighted by atomic mass is 9.69. The molecule has 1 unspecified atom stereocenters. The highest BCUT2D eigenvalue weighted by molar-refractivity contribution is 5.22. The molecule has 0 aliphatic heterocycles. The molecule has 0 radical (unpaired) electrons. The Morgan fingerprint density at radius 2 is 1.11 bits per heavy atom. The largest absolute Gasteiger partial charge is 0.407 e. The molecule has 0 aliphatic carbocycles. The molecule has 2 rings (SSSR count). The van der Waals surface area contributed by atoms with Crippen molar-refractivity contribution in [1.29, 1.82) is 0 Å². The SMILES string of the molecule is NC(O)(CCc1ccccc1)C(Cc1ccccc1)(C(F)(F)F)C(F)(F)F. The van der Waals surface area contributed by atoms with Crippen LogP contribution in [0.4, 0.5) is 26.3 Å². The number of halogens is 6. The van der Waals surface area contributed by atoms with Crippen LogP contribution in [0.15, 0.2) is 60.7 Å². The molecule has 2 nitrogen and oxygen atoms in total. The predicted molar refractivity (Wildman–Crippen MR) is 88.6 cm³/mol. The molecule has 2 aromatic rings. The molecule has 0 aliphatic rings. The van der Waals surface area contributed by atoms with Gasteiger partial charge in [0.1, 0.15) is 5.72 Å². The van der Waals surface area contributed by atoms with Gasteiger partial charge in [-0.3, -0.25) is 0 Å². The summed E-state index contributed by atoms with van der Waals surface area (Å²) in [6.07, 6.45) is -14.3. The Bertz CT molecular complexity index is 711. The lowest BCUT2D eigenvalue weighted by Crippen LogP contribution is -2.70. The van der Waals surface area contributed by atoms with Crippen molar-refractivity contribution in [3.8, 4) is 0 Å². The first-order chi connectivity index (χ1) is 12.4. The lowest BCUT2D eigenvalue weighted by Gasteiger charge is -2.47. The number of hydrogen-bond acceptors (Lipinski definition) is 2. The summed E-state index contributed by atoms with van der Waals surface area (Å²) >= 11 is 0. The maximum Gasteiger partial charge on any atom is 0.407 e. The number of aliphatic hydroxyl groups is 1. The van der Waals surface area contributed by atoms with Crippen LogP contribution in [-0.2, 0) is 12.8 Å². The number of hydrogen-bond donors (Lipinski definition) is 2.